The molecule has 0 radical (unpaired) electrons. The number of benzene rings is 2. The fourth-order valence-electron chi connectivity index (χ4n) is 10.9. The van der Waals surface area contributed by atoms with Crippen LogP contribution in [0.4, 0.5) is 0 Å². The number of allylic oxidation sites excluding steroid dienone is 7. The van der Waals surface area contributed by atoms with Crippen molar-refractivity contribution in [1.29, 1.82) is 0 Å². The van der Waals surface area contributed by atoms with Gasteiger partial charge in [0.2, 0.25) is 0 Å². The molecule has 8 unspecified atom stereocenters. The van der Waals surface area contributed by atoms with Crippen molar-refractivity contribution in [2.45, 2.75) is 117 Å². The van der Waals surface area contributed by atoms with Gasteiger partial charge >= 0.3 is 0 Å². The van der Waals surface area contributed by atoms with Gasteiger partial charge in [-0.1, -0.05) is 148 Å². The number of fused-ring (bicyclic) bond motifs is 2. The molecule has 0 spiro atoms. The van der Waals surface area contributed by atoms with Gasteiger partial charge in [0, 0.05) is 5.57 Å². The molecule has 0 bridgehead atoms. The highest BCUT2D eigenvalue weighted by molar-refractivity contribution is 8.33. The van der Waals surface area contributed by atoms with Crippen molar-refractivity contribution in [1.82, 2.24) is 0 Å². The summed E-state index contributed by atoms with van der Waals surface area (Å²) >= 11 is 0. The van der Waals surface area contributed by atoms with Gasteiger partial charge in [0.1, 0.15) is 5.76 Å². The Bertz CT molecular complexity index is 1690. The van der Waals surface area contributed by atoms with Crippen molar-refractivity contribution in [3.05, 3.63) is 106 Å². The summed E-state index contributed by atoms with van der Waals surface area (Å²) in [4.78, 5) is 0. The number of hydrogen-bond acceptors (Lipinski definition) is 1. The number of rotatable bonds is 5. The van der Waals surface area contributed by atoms with Crippen molar-refractivity contribution in [2.75, 3.05) is 19.6 Å². The third-order valence-electron chi connectivity index (χ3n) is 13.2. The minimum Gasteiger partial charge on any atom is -0.496 e. The second kappa shape index (κ2) is 12.9. The van der Waals surface area contributed by atoms with Gasteiger partial charge < -0.3 is 4.74 Å². The smallest absolute Gasteiger partial charge is 0.126 e. The predicted octanol–water partition coefficient (Wildman–Crippen LogP) is 13.0. The molecule has 2 aromatic rings. The number of hydrogen-bond donors (Lipinski definition) is 0. The van der Waals surface area contributed by atoms with E-state index in [1.807, 2.05) is 7.11 Å². The lowest BCUT2D eigenvalue weighted by molar-refractivity contribution is 0.274. The lowest BCUT2D eigenvalue weighted by Crippen LogP contribution is -2.40. The first-order chi connectivity index (χ1) is 23.2. The first-order valence-corrected chi connectivity index (χ1v) is 22.1. The molecule has 50 heavy (non-hydrogen) atoms. The molecular formula is C48H68OS. The van der Waals surface area contributed by atoms with Crippen LogP contribution in [0.1, 0.15) is 118 Å². The Morgan fingerprint density at radius 2 is 1.24 bits per heavy atom. The molecule has 0 aromatic heterocycles. The molecule has 2 heteroatoms. The Hall–Kier alpha value is -2.45. The number of ether oxygens (including phenoxy) is 1. The van der Waals surface area contributed by atoms with Crippen LogP contribution < -0.4 is 0 Å². The zero-order valence-electron chi connectivity index (χ0n) is 34.2. The lowest BCUT2D eigenvalue weighted by Gasteiger charge is -2.53. The largest absolute Gasteiger partial charge is 0.496 e. The van der Waals surface area contributed by atoms with Crippen molar-refractivity contribution >= 4 is 21.2 Å². The first kappa shape index (κ1) is 37.3. The zero-order chi connectivity index (χ0) is 36.7. The summed E-state index contributed by atoms with van der Waals surface area (Å²) in [6.45, 7) is 29.0. The summed E-state index contributed by atoms with van der Waals surface area (Å²) in [7, 11) is 0.844. The van der Waals surface area contributed by atoms with Crippen LogP contribution in [0.25, 0.3) is 11.1 Å². The molecule has 272 valence electrons. The van der Waals surface area contributed by atoms with Gasteiger partial charge in [0.05, 0.1) is 7.11 Å². The Morgan fingerprint density at radius 1 is 0.680 bits per heavy atom. The molecule has 1 nitrogen and oxygen atoms in total. The quantitative estimate of drug-likeness (QED) is 0.303. The standard InChI is InChI=1S/C48H68OS/c1-29-21-22-36(33-25-34(46(4,5)6)27-35(26-33)47(7,8)9)37-24-31(3)45(41(29)37)50(14,15)44-30(2)23-38-39(44)28-40(48(10,11)12)43(49-13)42(38)32-19-17-16-18-20-32/h16-22,25-28,30-31,37-39,41,44-45H,23-24H2,1-15H3. The Balaban J connectivity index is 1.42. The molecule has 0 N–H and O–H groups in total. The van der Waals surface area contributed by atoms with Crippen LogP contribution in [0.5, 0.6) is 0 Å². The van der Waals surface area contributed by atoms with Gasteiger partial charge in [-0.15, -0.1) is 0 Å². The fourth-order valence-corrected chi connectivity index (χ4v) is 16.1. The average molecular weight is 693 g/mol. The maximum Gasteiger partial charge on any atom is 0.126 e. The van der Waals surface area contributed by atoms with Gasteiger partial charge in [-0.25, -0.2) is 10.0 Å². The van der Waals surface area contributed by atoms with Crippen LogP contribution in [0.2, 0.25) is 0 Å². The van der Waals surface area contributed by atoms with E-state index in [1.165, 1.54) is 46.2 Å². The second-order valence-electron chi connectivity index (χ2n) is 20.1. The topological polar surface area (TPSA) is 9.23 Å². The minimum atomic E-state index is -1.05. The molecule has 2 fully saturated rings. The molecule has 2 saturated carbocycles. The highest BCUT2D eigenvalue weighted by Gasteiger charge is 2.57. The van der Waals surface area contributed by atoms with Gasteiger partial charge in [-0.2, -0.15) is 0 Å². The summed E-state index contributed by atoms with van der Waals surface area (Å²) in [5, 5.41) is 1.37. The van der Waals surface area contributed by atoms with E-state index in [-0.39, 0.29) is 16.2 Å². The van der Waals surface area contributed by atoms with E-state index in [0.717, 1.165) is 5.76 Å². The molecule has 8 atom stereocenters. The van der Waals surface area contributed by atoms with E-state index in [4.69, 9.17) is 4.74 Å². The van der Waals surface area contributed by atoms with Gasteiger partial charge in [0.15, 0.2) is 0 Å². The third kappa shape index (κ3) is 6.43. The molecule has 0 heterocycles. The van der Waals surface area contributed by atoms with E-state index < -0.39 is 10.0 Å². The lowest BCUT2D eigenvalue weighted by atomic mass is 9.72. The van der Waals surface area contributed by atoms with Gasteiger partial charge in [-0.3, -0.25) is 0 Å². The van der Waals surface area contributed by atoms with Crippen molar-refractivity contribution < 1.29 is 4.74 Å². The molecule has 4 aliphatic carbocycles. The van der Waals surface area contributed by atoms with Crippen LogP contribution in [0, 0.1) is 40.9 Å². The summed E-state index contributed by atoms with van der Waals surface area (Å²) in [6.07, 6.45) is 15.8. The highest BCUT2D eigenvalue weighted by atomic mass is 32.3. The molecule has 2 aromatic carbocycles. The maximum atomic E-state index is 6.38. The molecule has 0 amide bonds. The Morgan fingerprint density at radius 3 is 1.78 bits per heavy atom. The van der Waals surface area contributed by atoms with Crippen molar-refractivity contribution in [2.24, 2.45) is 40.9 Å². The number of methoxy groups -OCH3 is 1. The summed E-state index contributed by atoms with van der Waals surface area (Å²) in [5.41, 5.74) is 12.0. The van der Waals surface area contributed by atoms with Crippen molar-refractivity contribution in [3.63, 3.8) is 0 Å². The SMILES string of the molecule is COC1=C(c2ccccc2)C2CC(C)C(S(C)(C)C3C(C)CC4C(c5cc(C(C)(C)C)cc(C(C)(C)C)c5)=CC=C(C)C43)C2C=C1C(C)(C)C. The molecule has 6 rings (SSSR count). The average Bonchev–Trinajstić information content (AvgIpc) is 3.56. The van der Waals surface area contributed by atoms with Crippen molar-refractivity contribution in [3.8, 4) is 0 Å². The van der Waals surface area contributed by atoms with E-state index in [9.17, 15) is 0 Å². The molecule has 0 saturated heterocycles. The second-order valence-corrected chi connectivity index (χ2v) is 24.2. The van der Waals surface area contributed by atoms with Crippen LogP contribution >= 0.6 is 10.0 Å². The zero-order valence-corrected chi connectivity index (χ0v) is 35.0. The van der Waals surface area contributed by atoms with E-state index in [1.54, 1.807) is 11.1 Å². The predicted molar refractivity (Wildman–Crippen MR) is 222 cm³/mol. The molecule has 0 aliphatic heterocycles. The van der Waals surface area contributed by atoms with Gasteiger partial charge in [0.25, 0.3) is 0 Å². The normalized spacial score (nSPS) is 30.7. The Labute approximate surface area is 308 Å². The molecule has 4 aliphatic rings. The summed E-state index contributed by atoms with van der Waals surface area (Å²) in [5.74, 6) is 4.69. The third-order valence-corrected chi connectivity index (χ3v) is 17.5. The summed E-state index contributed by atoms with van der Waals surface area (Å²) < 4.78 is 6.38. The highest BCUT2D eigenvalue weighted by Crippen LogP contribution is 2.71. The Kier molecular flexibility index (Phi) is 9.62. The monoisotopic (exact) mass is 692 g/mol. The minimum absolute atomic E-state index is 0.00777. The van der Waals surface area contributed by atoms with Crippen LogP contribution in [-0.2, 0) is 15.6 Å². The van der Waals surface area contributed by atoms with E-state index in [2.05, 4.69) is 162 Å². The first-order valence-electron chi connectivity index (χ1n) is 19.5. The van der Waals surface area contributed by atoms with E-state index in [0.29, 0.717) is 46.0 Å². The maximum absolute atomic E-state index is 6.38. The molecular weight excluding hydrogens is 625 g/mol. The van der Waals surface area contributed by atoms with E-state index >= 15 is 0 Å². The van der Waals surface area contributed by atoms with Gasteiger partial charge in [-0.05, 0) is 128 Å². The summed E-state index contributed by atoms with van der Waals surface area (Å²) in [6, 6.07) is 18.8. The van der Waals surface area contributed by atoms with Crippen LogP contribution in [0.3, 0.4) is 0 Å². The van der Waals surface area contributed by atoms with Crippen LogP contribution in [-0.4, -0.2) is 30.1 Å². The fraction of sp³-hybridized carbons (Fsp3) is 0.583. The van der Waals surface area contributed by atoms with Crippen LogP contribution in [0.15, 0.2) is 83.7 Å².